The first-order valence-corrected chi connectivity index (χ1v) is 7.57. The average molecular weight is 343 g/mol. The average Bonchev–Trinajstić information content (AvgIpc) is 3.28. The van der Waals surface area contributed by atoms with E-state index in [9.17, 15) is 4.79 Å². The fourth-order valence-corrected chi connectivity index (χ4v) is 2.29. The van der Waals surface area contributed by atoms with Gasteiger partial charge in [-0.3, -0.25) is 4.79 Å². The fraction of sp³-hybridized carbons (Fsp3) is 0.222. The normalized spacial score (nSPS) is 13.9. The summed E-state index contributed by atoms with van der Waals surface area (Å²) in [5.74, 6) is 2.82. The molecule has 0 amide bonds. The Morgan fingerprint density at radius 3 is 1.84 bits per heavy atom. The predicted molar refractivity (Wildman–Crippen MR) is 89.1 cm³/mol. The van der Waals surface area contributed by atoms with Gasteiger partial charge in [0.25, 0.3) is 0 Å². The van der Waals surface area contributed by atoms with E-state index < -0.39 is 0 Å². The molecule has 7 nitrogen and oxygen atoms in total. The number of benzene rings is 2. The number of hydrogen-bond acceptors (Lipinski definition) is 7. The third-order valence-corrected chi connectivity index (χ3v) is 3.72. The van der Waals surface area contributed by atoms with Crippen molar-refractivity contribution in [3.05, 3.63) is 47.5 Å². The molecule has 2 heterocycles. The number of rotatable bonds is 2. The van der Waals surface area contributed by atoms with Gasteiger partial charge in [-0.25, -0.2) is 0 Å². The van der Waals surface area contributed by atoms with Crippen LogP contribution in [0, 0.1) is 0 Å². The van der Waals surface area contributed by atoms with Crippen molar-refractivity contribution in [3.8, 4) is 23.0 Å². The molecule has 0 radical (unpaired) electrons. The number of hydrogen-bond donors (Lipinski definition) is 1. The van der Waals surface area contributed by atoms with Crippen LogP contribution in [0.3, 0.4) is 0 Å². The Morgan fingerprint density at radius 1 is 0.840 bits per heavy atom. The van der Waals surface area contributed by atoms with Gasteiger partial charge in [-0.1, -0.05) is 5.16 Å². The Kier molecular flexibility index (Phi) is 4.74. The van der Waals surface area contributed by atoms with Crippen LogP contribution in [0.25, 0.3) is 0 Å². The lowest BCUT2D eigenvalue weighted by molar-refractivity contribution is 0.101. The number of fused-ring (bicyclic) bond motifs is 2. The molecule has 0 saturated carbocycles. The summed E-state index contributed by atoms with van der Waals surface area (Å²) in [4.78, 5) is 10.9. The minimum absolute atomic E-state index is 0.0355. The topological polar surface area (TPSA) is 86.6 Å². The Bertz CT molecular complexity index is 830. The molecule has 0 bridgehead atoms. The molecule has 0 atom stereocenters. The van der Waals surface area contributed by atoms with Crippen molar-refractivity contribution in [2.45, 2.75) is 13.8 Å². The first-order chi connectivity index (χ1) is 12.1. The SMILES string of the molecule is C/C(=N/O)c1ccc2c(c1)OCO2.CC(=O)c1ccc2c(c1)OCO2. The van der Waals surface area contributed by atoms with Gasteiger partial charge < -0.3 is 24.2 Å². The van der Waals surface area contributed by atoms with E-state index in [1.165, 1.54) is 6.92 Å². The molecule has 1 N–H and O–H groups in total. The van der Waals surface area contributed by atoms with E-state index >= 15 is 0 Å². The third kappa shape index (κ3) is 3.65. The van der Waals surface area contributed by atoms with Gasteiger partial charge in [0.1, 0.15) is 0 Å². The molecule has 0 aromatic heterocycles. The van der Waals surface area contributed by atoms with Crippen molar-refractivity contribution in [3.63, 3.8) is 0 Å². The summed E-state index contributed by atoms with van der Waals surface area (Å²) in [5.41, 5.74) is 2.03. The van der Waals surface area contributed by atoms with Crippen LogP contribution in [-0.2, 0) is 0 Å². The molecule has 2 aromatic rings. The number of Topliss-reactive ketones (excluding diaryl/α,β-unsaturated/α-hetero) is 1. The summed E-state index contributed by atoms with van der Waals surface area (Å²) in [6.07, 6.45) is 0. The lowest BCUT2D eigenvalue weighted by Gasteiger charge is -1.99. The number of ketones is 1. The van der Waals surface area contributed by atoms with Gasteiger partial charge in [-0.2, -0.15) is 0 Å². The van der Waals surface area contributed by atoms with Gasteiger partial charge in [0.2, 0.25) is 13.6 Å². The van der Waals surface area contributed by atoms with Gasteiger partial charge in [-0.15, -0.1) is 0 Å². The van der Waals surface area contributed by atoms with Gasteiger partial charge >= 0.3 is 0 Å². The van der Waals surface area contributed by atoms with Crippen molar-refractivity contribution in [2.75, 3.05) is 13.6 Å². The molecule has 4 rings (SSSR count). The van der Waals surface area contributed by atoms with Crippen molar-refractivity contribution >= 4 is 11.5 Å². The van der Waals surface area contributed by atoms with Crippen molar-refractivity contribution in [1.29, 1.82) is 0 Å². The summed E-state index contributed by atoms with van der Waals surface area (Å²) in [6, 6.07) is 10.6. The van der Waals surface area contributed by atoms with E-state index in [-0.39, 0.29) is 19.4 Å². The predicted octanol–water partition coefficient (Wildman–Crippen LogP) is 3.23. The molecule has 0 fully saturated rings. The minimum atomic E-state index is 0.0355. The number of carbonyl (C=O) groups excluding carboxylic acids is 1. The van der Waals surface area contributed by atoms with E-state index in [1.807, 2.05) is 6.07 Å². The highest BCUT2D eigenvalue weighted by atomic mass is 16.7. The van der Waals surface area contributed by atoms with E-state index in [0.29, 0.717) is 28.5 Å². The molecule has 25 heavy (non-hydrogen) atoms. The van der Waals surface area contributed by atoms with Crippen LogP contribution < -0.4 is 18.9 Å². The second-order valence-electron chi connectivity index (χ2n) is 5.38. The van der Waals surface area contributed by atoms with Crippen LogP contribution in [-0.4, -0.2) is 30.3 Å². The first-order valence-electron chi connectivity index (χ1n) is 7.57. The van der Waals surface area contributed by atoms with Gasteiger partial charge in [-0.05, 0) is 50.2 Å². The summed E-state index contributed by atoms with van der Waals surface area (Å²) in [7, 11) is 0. The first kappa shape index (κ1) is 16.6. The maximum Gasteiger partial charge on any atom is 0.231 e. The second-order valence-corrected chi connectivity index (χ2v) is 5.38. The maximum absolute atomic E-state index is 10.9. The highest BCUT2D eigenvalue weighted by Crippen LogP contribution is 2.33. The number of oxime groups is 1. The molecule has 2 aliphatic rings. The van der Waals surface area contributed by atoms with Crippen LogP contribution >= 0.6 is 0 Å². The van der Waals surface area contributed by atoms with Crippen LogP contribution in [0.5, 0.6) is 23.0 Å². The van der Waals surface area contributed by atoms with Gasteiger partial charge in [0, 0.05) is 11.1 Å². The summed E-state index contributed by atoms with van der Waals surface area (Å²) < 4.78 is 20.5. The number of ether oxygens (including phenoxy) is 4. The van der Waals surface area contributed by atoms with E-state index in [0.717, 1.165) is 11.3 Å². The van der Waals surface area contributed by atoms with Crippen molar-refractivity contribution in [1.82, 2.24) is 0 Å². The minimum Gasteiger partial charge on any atom is -0.454 e. The standard InChI is InChI=1S/C9H9NO3.C9H8O3/c1-6(10-11)7-2-3-8-9(4-7)13-5-12-8;1-6(10)7-2-3-8-9(4-7)12-5-11-8/h2-4,11H,5H2,1H3;2-4H,5H2,1H3/b10-6-;. The molecular weight excluding hydrogens is 326 g/mol. The second kappa shape index (κ2) is 7.12. The molecule has 2 aromatic carbocycles. The van der Waals surface area contributed by atoms with Crippen molar-refractivity contribution in [2.24, 2.45) is 5.16 Å². The molecule has 2 aliphatic heterocycles. The van der Waals surface area contributed by atoms with Crippen LogP contribution in [0.4, 0.5) is 0 Å². The smallest absolute Gasteiger partial charge is 0.231 e. The molecule has 0 aliphatic carbocycles. The van der Waals surface area contributed by atoms with Crippen LogP contribution in [0.2, 0.25) is 0 Å². The van der Waals surface area contributed by atoms with Crippen LogP contribution in [0.15, 0.2) is 41.6 Å². The monoisotopic (exact) mass is 343 g/mol. The quantitative estimate of drug-likeness (QED) is 0.390. The molecule has 130 valence electrons. The van der Waals surface area contributed by atoms with E-state index in [4.69, 9.17) is 24.2 Å². The van der Waals surface area contributed by atoms with E-state index in [2.05, 4.69) is 5.16 Å². The molecule has 0 saturated heterocycles. The zero-order chi connectivity index (χ0) is 17.8. The highest BCUT2D eigenvalue weighted by Gasteiger charge is 2.14. The van der Waals surface area contributed by atoms with Gasteiger partial charge in [0.15, 0.2) is 28.8 Å². The summed E-state index contributed by atoms with van der Waals surface area (Å²) in [5, 5.41) is 11.7. The van der Waals surface area contributed by atoms with Gasteiger partial charge in [0.05, 0.1) is 5.71 Å². The zero-order valence-corrected chi connectivity index (χ0v) is 13.8. The summed E-state index contributed by atoms with van der Waals surface area (Å²) >= 11 is 0. The lowest BCUT2D eigenvalue weighted by atomic mass is 10.1. The molecule has 0 spiro atoms. The lowest BCUT2D eigenvalue weighted by Crippen LogP contribution is -1.94. The van der Waals surface area contributed by atoms with E-state index in [1.54, 1.807) is 37.3 Å². The fourth-order valence-electron chi connectivity index (χ4n) is 2.29. The Balaban J connectivity index is 0.000000146. The summed E-state index contributed by atoms with van der Waals surface area (Å²) in [6.45, 7) is 3.75. The third-order valence-electron chi connectivity index (χ3n) is 3.72. The number of nitrogens with zero attached hydrogens (tertiary/aromatic N) is 1. The zero-order valence-electron chi connectivity index (χ0n) is 13.8. The maximum atomic E-state index is 10.9. The molecule has 7 heteroatoms. The Morgan fingerprint density at radius 2 is 1.32 bits per heavy atom. The molecule has 0 unspecified atom stereocenters. The van der Waals surface area contributed by atoms with Crippen LogP contribution in [0.1, 0.15) is 29.8 Å². The largest absolute Gasteiger partial charge is 0.454 e. The van der Waals surface area contributed by atoms with Crippen molar-refractivity contribution < 1.29 is 28.9 Å². The highest BCUT2D eigenvalue weighted by molar-refractivity contribution is 5.98. The number of carbonyl (C=O) groups is 1. The Labute approximate surface area is 144 Å². The Hall–Kier alpha value is -3.22. The molecular formula is C18H17NO6.